The number of aliphatic hydroxyl groups is 3. The third-order valence-corrected chi connectivity index (χ3v) is 27.3. The molecule has 9 aliphatic rings. The van der Waals surface area contributed by atoms with E-state index < -0.39 is 80.5 Å². The molecule has 98 heavy (non-hydrogen) atoms. The highest BCUT2D eigenvalue weighted by Crippen LogP contribution is 2.48. The van der Waals surface area contributed by atoms with Crippen molar-refractivity contribution in [3.05, 3.63) is 0 Å². The number of hydrogen-bond donors (Lipinski definition) is 3. The van der Waals surface area contributed by atoms with E-state index in [1.54, 1.807) is 0 Å². The maximum absolute atomic E-state index is 12.1. The van der Waals surface area contributed by atoms with Gasteiger partial charge in [-0.3, -0.25) is 0 Å². The summed E-state index contributed by atoms with van der Waals surface area (Å²) in [6.45, 7) is 55.6. The summed E-state index contributed by atoms with van der Waals surface area (Å²) < 4.78 is 116. The van der Waals surface area contributed by atoms with Gasteiger partial charge in [0.25, 0.3) is 0 Å². The van der Waals surface area contributed by atoms with Crippen molar-refractivity contribution in [2.24, 2.45) is 101 Å². The second kappa shape index (κ2) is 34.8. The fourth-order valence-electron chi connectivity index (χ4n) is 18.1. The first-order valence-electron chi connectivity index (χ1n) is 39.5. The minimum atomic E-state index is -1.03. The van der Waals surface area contributed by atoms with Gasteiger partial charge in [-0.15, -0.1) is 0 Å². The predicted molar refractivity (Wildman–Crippen MR) is 371 cm³/mol. The number of aliphatic hydroxyl groups excluding tert-OH is 3. The van der Waals surface area contributed by atoms with E-state index in [2.05, 4.69) is 152 Å². The predicted octanol–water partition coefficient (Wildman–Crippen LogP) is 12.7. The van der Waals surface area contributed by atoms with Crippen molar-refractivity contribution in [2.45, 2.75) is 391 Å². The van der Waals surface area contributed by atoms with Crippen LogP contribution in [-0.2, 0) is 80.5 Å². The van der Waals surface area contributed by atoms with Crippen LogP contribution in [0.3, 0.4) is 0 Å². The maximum Gasteiger partial charge on any atom is 0.184 e. The van der Waals surface area contributed by atoms with E-state index in [-0.39, 0.29) is 175 Å². The topological polar surface area (TPSA) is 218 Å². The number of ether oxygens (including phenoxy) is 17. The molecule has 0 amide bonds. The normalized spacial score (nSPS) is 54.5. The zero-order valence-corrected chi connectivity index (χ0v) is 65.2. The quantitative estimate of drug-likeness (QED) is 0.0866. The lowest BCUT2D eigenvalue weighted by atomic mass is 9.78. The van der Waals surface area contributed by atoms with Gasteiger partial charge in [0.15, 0.2) is 50.3 Å². The molecule has 0 aliphatic carbocycles. The Hall–Kier alpha value is -0.800. The molecule has 20 nitrogen and oxygen atoms in total. The second-order valence-electron chi connectivity index (χ2n) is 33.1. The average molecular weight is 1400 g/mol. The lowest BCUT2D eigenvalue weighted by Crippen LogP contribution is -2.62. The van der Waals surface area contributed by atoms with Gasteiger partial charge in [0.2, 0.25) is 0 Å². The average Bonchev–Trinajstić information content (AvgIpc) is 0.779. The third-order valence-electron chi connectivity index (χ3n) is 27.3. The molecule has 9 rings (SSSR count). The minimum Gasteiger partial charge on any atom is -0.394 e. The summed E-state index contributed by atoms with van der Waals surface area (Å²) in [5, 5.41) is 34.9. The van der Waals surface area contributed by atoms with Crippen molar-refractivity contribution in [3.63, 3.8) is 0 Å². The van der Waals surface area contributed by atoms with Crippen molar-refractivity contribution in [3.8, 4) is 0 Å². The molecule has 0 saturated carbocycles. The molecule has 0 aromatic carbocycles. The zero-order chi connectivity index (χ0) is 72.0. The van der Waals surface area contributed by atoms with Crippen LogP contribution in [0.1, 0.15) is 219 Å². The van der Waals surface area contributed by atoms with Gasteiger partial charge >= 0.3 is 0 Å². The van der Waals surface area contributed by atoms with Crippen LogP contribution in [0.25, 0.3) is 0 Å². The van der Waals surface area contributed by atoms with Gasteiger partial charge in [0.1, 0.15) is 18.3 Å². The molecule has 0 radical (unpaired) electrons. The first-order chi connectivity index (χ1) is 46.4. The van der Waals surface area contributed by atoms with E-state index in [0.29, 0.717) is 42.9 Å². The maximum atomic E-state index is 12.1. The number of rotatable bonds is 23. The Bertz CT molecular complexity index is 2380. The van der Waals surface area contributed by atoms with E-state index in [0.717, 1.165) is 19.3 Å². The largest absolute Gasteiger partial charge is 0.394 e. The Morgan fingerprint density at radius 2 is 0.459 bits per heavy atom. The molecular weight excluding hydrogens is 1260 g/mol. The first-order valence-corrected chi connectivity index (χ1v) is 39.5. The highest BCUT2D eigenvalue weighted by molar-refractivity contribution is 4.99. The molecule has 18 unspecified atom stereocenters. The second-order valence-corrected chi connectivity index (χ2v) is 33.1. The summed E-state index contributed by atoms with van der Waals surface area (Å²) in [5.41, 5.74) is 0. The smallest absolute Gasteiger partial charge is 0.184 e. The third kappa shape index (κ3) is 16.7. The van der Waals surface area contributed by atoms with E-state index in [4.69, 9.17) is 80.5 Å². The van der Waals surface area contributed by atoms with Crippen LogP contribution in [0.5, 0.6) is 0 Å². The molecule has 45 atom stereocenters. The molecule has 3 N–H and O–H groups in total. The lowest BCUT2D eigenvalue weighted by Gasteiger charge is -2.52. The van der Waals surface area contributed by atoms with E-state index in [1.807, 2.05) is 27.7 Å². The van der Waals surface area contributed by atoms with Gasteiger partial charge in [0.05, 0.1) is 110 Å². The molecule has 0 aromatic rings. The Kier molecular flexibility index (Phi) is 28.9. The van der Waals surface area contributed by atoms with Crippen LogP contribution in [0.4, 0.5) is 0 Å². The monoisotopic (exact) mass is 1400 g/mol. The summed E-state index contributed by atoms with van der Waals surface area (Å²) in [6, 6.07) is 0. The molecule has 9 saturated heterocycles. The summed E-state index contributed by atoms with van der Waals surface area (Å²) in [4.78, 5) is 0. The van der Waals surface area contributed by atoms with Crippen LogP contribution >= 0.6 is 0 Å². The van der Waals surface area contributed by atoms with Crippen molar-refractivity contribution in [1.82, 2.24) is 0 Å². The van der Waals surface area contributed by atoms with Crippen LogP contribution in [0, 0.1) is 101 Å². The molecule has 0 spiro atoms. The fraction of sp³-hybridized carbons (Fsp3) is 1.00. The van der Waals surface area contributed by atoms with Crippen molar-refractivity contribution in [2.75, 3.05) is 6.61 Å². The fourth-order valence-corrected chi connectivity index (χ4v) is 18.1. The molecule has 9 heterocycles. The molecule has 9 aliphatic heterocycles. The Balaban J connectivity index is 0.759. The van der Waals surface area contributed by atoms with Gasteiger partial charge in [-0.1, -0.05) is 159 Å². The Morgan fingerprint density at radius 3 is 0.827 bits per heavy atom. The standard InChI is InChI=1S/C78H140O20/c1-27-54-36(9)34(7)43(16)73(85-54)96-69-49(22)62(81)78(89-59(69)32-6)97-68-42(15)48(21)76(88-58(68)31-5)95-67-41(14)47(20)75(87-57(67)30-4)94-66-40(13)46(19)74(86-56(66)29-3)91-63-39(12)45(18)72(84-52(63)25)98-70-60(33-79)90-77(50(23)61(70)80)92-64-38(11)44(17)71(83-53(64)26)93-65-37(10)35(8)51(24)82-55(65)28-2/h34-81H,27-33H2,1-26H3/t34-,35?,36+,37+,38?,39+,40+,41?,42?,43?,44?,45?,46?,47?,48?,49+,50?,51-,52?,53-,54?,55?,56?,57+,58+,59?,60+,61?,62?,63+,64-,65+,66+,67-,68-,69+,70+,71+,72-,73-,74-,75+,76+,77+,78-/m0/s1. The first kappa shape index (κ1) is 81.3. The van der Waals surface area contributed by atoms with Crippen LogP contribution < -0.4 is 0 Å². The van der Waals surface area contributed by atoms with Gasteiger partial charge in [-0.25, -0.2) is 0 Å². The molecule has 0 aromatic heterocycles. The summed E-state index contributed by atoms with van der Waals surface area (Å²) in [5.74, 6) is 0.810. The van der Waals surface area contributed by atoms with Gasteiger partial charge in [0, 0.05) is 47.3 Å². The van der Waals surface area contributed by atoms with E-state index >= 15 is 0 Å². The van der Waals surface area contributed by atoms with Crippen molar-refractivity contribution < 1.29 is 95.8 Å². The lowest BCUT2D eigenvalue weighted by molar-refractivity contribution is -0.374. The van der Waals surface area contributed by atoms with Gasteiger partial charge in [-0.2, -0.15) is 0 Å². The highest BCUT2D eigenvalue weighted by atomic mass is 16.8. The summed E-state index contributed by atoms with van der Waals surface area (Å²) in [7, 11) is 0. The van der Waals surface area contributed by atoms with Gasteiger partial charge < -0.3 is 95.8 Å². The van der Waals surface area contributed by atoms with Gasteiger partial charge in [-0.05, 0) is 113 Å². The van der Waals surface area contributed by atoms with Crippen molar-refractivity contribution in [1.29, 1.82) is 0 Å². The van der Waals surface area contributed by atoms with E-state index in [1.165, 1.54) is 0 Å². The molecule has 572 valence electrons. The Labute approximate surface area is 591 Å². The molecule has 20 heteroatoms. The SMILES string of the molecule is CCC1O[C@@H](O[C@H]2C(CC)O[C@@H](O[C@H]3C(C)C(C)[C@@H](O[C@H]4C(C)C(C)[C@@H](O[C@H]5C(CC)O[C@@H](O[C@H]6C(C)O[C@@H](O[C@H]7C(O)C(C)[C@@H](O[C@H]8C(C)C(C)[C@@H](O[C@H]9C(CC)O[C@@H](C)C(C)[C@H]9C)O[C@H]8C)O[C@@H]7CO)C(C)[C@H]6C)C(C)[C@H]5C)O[C@@H]4CC)O[C@@H]3CC)C(O)[C@H]2C)C(C)[C@@H](C)[C@H]1C. The van der Waals surface area contributed by atoms with Crippen LogP contribution in [0.15, 0.2) is 0 Å². The zero-order valence-electron chi connectivity index (χ0n) is 65.2. The van der Waals surface area contributed by atoms with E-state index in [9.17, 15) is 15.3 Å². The Morgan fingerprint density at radius 1 is 0.204 bits per heavy atom. The summed E-state index contributed by atoms with van der Waals surface area (Å²) in [6.07, 6.45) is -7.34. The molecule has 9 fully saturated rings. The highest BCUT2D eigenvalue weighted by Gasteiger charge is 2.57. The summed E-state index contributed by atoms with van der Waals surface area (Å²) >= 11 is 0. The van der Waals surface area contributed by atoms with Crippen LogP contribution in [0.2, 0.25) is 0 Å². The molecular formula is C78H140O20. The minimum absolute atomic E-state index is 0.00325. The van der Waals surface area contributed by atoms with Crippen LogP contribution in [-0.4, -0.2) is 194 Å². The number of hydrogen-bond acceptors (Lipinski definition) is 20. The molecule has 0 bridgehead atoms. The van der Waals surface area contributed by atoms with Crippen molar-refractivity contribution >= 4 is 0 Å².